The minimum absolute atomic E-state index is 0.0293. The first-order chi connectivity index (χ1) is 14.5. The number of amides is 1. The van der Waals surface area contributed by atoms with Gasteiger partial charge >= 0.3 is 6.18 Å². The lowest BCUT2D eigenvalue weighted by molar-refractivity contribution is -0.182. The molecule has 0 bridgehead atoms. The highest BCUT2D eigenvalue weighted by molar-refractivity contribution is 5.73. The monoisotopic (exact) mass is 436 g/mol. The van der Waals surface area contributed by atoms with Gasteiger partial charge in [0.15, 0.2) is 5.65 Å². The molecular formula is C23H31F3N4O. The molecule has 4 rings (SSSR count). The lowest BCUT2D eigenvalue weighted by atomic mass is 9.77. The molecule has 1 atom stereocenters. The van der Waals surface area contributed by atoms with Gasteiger partial charge in [-0.1, -0.05) is 6.92 Å². The van der Waals surface area contributed by atoms with Gasteiger partial charge in [0.25, 0.3) is 0 Å². The molecule has 0 N–H and O–H groups in total. The number of fused-ring (bicyclic) bond motifs is 1. The third kappa shape index (κ3) is 4.05. The topological polar surface area (TPSA) is 50.5 Å². The number of piperidine rings is 1. The fourth-order valence-electron chi connectivity index (χ4n) is 5.54. The molecule has 0 aromatic carbocycles. The highest BCUT2D eigenvalue weighted by atomic mass is 19.4. The van der Waals surface area contributed by atoms with E-state index in [2.05, 4.69) is 6.92 Å². The van der Waals surface area contributed by atoms with Crippen LogP contribution in [-0.2, 0) is 10.2 Å². The van der Waals surface area contributed by atoms with Crippen LogP contribution in [-0.4, -0.2) is 44.7 Å². The van der Waals surface area contributed by atoms with Crippen LogP contribution in [0, 0.1) is 19.8 Å². The van der Waals surface area contributed by atoms with Crippen molar-refractivity contribution < 1.29 is 18.0 Å². The van der Waals surface area contributed by atoms with Crippen LogP contribution in [0.15, 0.2) is 6.07 Å². The molecule has 2 aromatic rings. The molecule has 0 spiro atoms. The summed E-state index contributed by atoms with van der Waals surface area (Å²) in [4.78, 5) is 18.7. The predicted molar refractivity (Wildman–Crippen MR) is 112 cm³/mol. The maximum atomic E-state index is 13.1. The number of hydrogen-bond acceptors (Lipinski definition) is 3. The summed E-state index contributed by atoms with van der Waals surface area (Å²) in [6.45, 7) is 9.21. The second-order valence-electron chi connectivity index (χ2n) is 9.70. The summed E-state index contributed by atoms with van der Waals surface area (Å²) in [5.74, 6) is -1.09. The standard InChI is InChI=1S/C23H31F3N4O/c1-14-15(2)27-20-12-19(17-6-8-18(9-7-17)23(24,25)26)28-30(20)21(14)22(4)10-5-11-29(13-22)16(3)31/h12,17-18H,5-11,13H2,1-4H3/t17?,18?,22-/m1/s1. The van der Waals surface area contributed by atoms with E-state index < -0.39 is 12.1 Å². The first-order valence-electron chi connectivity index (χ1n) is 11.2. The third-order valence-corrected chi connectivity index (χ3v) is 7.42. The number of alkyl halides is 3. The Morgan fingerprint density at radius 1 is 1.19 bits per heavy atom. The van der Waals surface area contributed by atoms with Crippen LogP contribution < -0.4 is 0 Å². The second-order valence-corrected chi connectivity index (χ2v) is 9.70. The number of carbonyl (C=O) groups is 1. The normalized spacial score (nSPS) is 27.6. The van der Waals surface area contributed by atoms with Crippen LogP contribution in [0.1, 0.15) is 80.9 Å². The Balaban J connectivity index is 1.70. The first-order valence-corrected chi connectivity index (χ1v) is 11.2. The summed E-state index contributed by atoms with van der Waals surface area (Å²) in [5, 5.41) is 4.89. The highest BCUT2D eigenvalue weighted by Crippen LogP contribution is 2.43. The van der Waals surface area contributed by atoms with Crippen molar-refractivity contribution in [1.82, 2.24) is 19.5 Å². The molecule has 1 aliphatic carbocycles. The smallest absolute Gasteiger partial charge is 0.342 e. The number of carbonyl (C=O) groups excluding carboxylic acids is 1. The minimum Gasteiger partial charge on any atom is -0.342 e. The maximum absolute atomic E-state index is 13.1. The Hall–Kier alpha value is -2.12. The van der Waals surface area contributed by atoms with Crippen molar-refractivity contribution in [3.8, 4) is 0 Å². The van der Waals surface area contributed by atoms with Crippen molar-refractivity contribution in [3.05, 3.63) is 28.7 Å². The van der Waals surface area contributed by atoms with Crippen molar-refractivity contribution in [2.24, 2.45) is 5.92 Å². The lowest BCUT2D eigenvalue weighted by Crippen LogP contribution is -2.47. The number of likely N-dealkylation sites (tertiary alicyclic amines) is 1. The Bertz CT molecular complexity index is 991. The molecule has 1 amide bonds. The molecule has 8 heteroatoms. The highest BCUT2D eigenvalue weighted by Gasteiger charge is 2.42. The molecule has 170 valence electrons. The van der Waals surface area contributed by atoms with Crippen LogP contribution in [0.3, 0.4) is 0 Å². The molecule has 0 radical (unpaired) electrons. The number of aromatic nitrogens is 3. The Kier molecular flexibility index (Phi) is 5.54. The number of hydrogen-bond donors (Lipinski definition) is 0. The van der Waals surface area contributed by atoms with Gasteiger partial charge in [-0.2, -0.15) is 18.3 Å². The van der Waals surface area contributed by atoms with Gasteiger partial charge in [-0.15, -0.1) is 0 Å². The number of rotatable bonds is 2. The van der Waals surface area contributed by atoms with E-state index in [-0.39, 0.29) is 30.1 Å². The number of halogens is 3. The molecule has 0 unspecified atom stereocenters. The van der Waals surface area contributed by atoms with E-state index in [1.54, 1.807) is 6.92 Å². The summed E-state index contributed by atoms with van der Waals surface area (Å²) >= 11 is 0. The molecule has 31 heavy (non-hydrogen) atoms. The van der Waals surface area contributed by atoms with E-state index in [1.807, 2.05) is 29.3 Å². The Morgan fingerprint density at radius 3 is 2.48 bits per heavy atom. The summed E-state index contributed by atoms with van der Waals surface area (Å²) < 4.78 is 41.1. The van der Waals surface area contributed by atoms with E-state index in [9.17, 15) is 18.0 Å². The molecule has 1 aliphatic heterocycles. The predicted octanol–water partition coefficient (Wildman–Crippen LogP) is 5.08. The second kappa shape index (κ2) is 7.78. The summed E-state index contributed by atoms with van der Waals surface area (Å²) in [6, 6.07) is 1.95. The third-order valence-electron chi connectivity index (χ3n) is 7.42. The number of nitrogens with zero attached hydrogens (tertiary/aromatic N) is 4. The fraction of sp³-hybridized carbons (Fsp3) is 0.696. The summed E-state index contributed by atoms with van der Waals surface area (Å²) in [7, 11) is 0. The van der Waals surface area contributed by atoms with E-state index in [0.29, 0.717) is 19.4 Å². The first kappa shape index (κ1) is 22.1. The minimum atomic E-state index is -4.11. The van der Waals surface area contributed by atoms with E-state index in [0.717, 1.165) is 47.7 Å². The number of aryl methyl sites for hydroxylation is 1. The van der Waals surface area contributed by atoms with Crippen molar-refractivity contribution in [2.75, 3.05) is 13.1 Å². The van der Waals surface area contributed by atoms with Crippen LogP contribution in [0.25, 0.3) is 5.65 Å². The van der Waals surface area contributed by atoms with E-state index in [4.69, 9.17) is 10.1 Å². The van der Waals surface area contributed by atoms with Crippen LogP contribution in [0.4, 0.5) is 13.2 Å². The Morgan fingerprint density at radius 2 is 1.87 bits per heavy atom. The zero-order valence-corrected chi connectivity index (χ0v) is 18.7. The molecule has 1 saturated heterocycles. The zero-order chi connectivity index (χ0) is 22.6. The largest absolute Gasteiger partial charge is 0.391 e. The van der Waals surface area contributed by atoms with Gasteiger partial charge < -0.3 is 4.90 Å². The van der Waals surface area contributed by atoms with Crippen LogP contribution in [0.2, 0.25) is 0 Å². The molecular weight excluding hydrogens is 405 g/mol. The van der Waals surface area contributed by atoms with E-state index in [1.165, 1.54) is 0 Å². The lowest BCUT2D eigenvalue weighted by Gasteiger charge is -2.41. The van der Waals surface area contributed by atoms with Crippen LogP contribution in [0.5, 0.6) is 0 Å². The SMILES string of the molecule is CC(=O)N1CCC[C@@](C)(c2c(C)c(C)nc3cc(C4CCC(C(F)(F)F)CC4)nn23)C1. The van der Waals surface area contributed by atoms with Gasteiger partial charge in [0.2, 0.25) is 5.91 Å². The van der Waals surface area contributed by atoms with Crippen molar-refractivity contribution >= 4 is 11.6 Å². The summed E-state index contributed by atoms with van der Waals surface area (Å²) in [6.07, 6.45) is -0.925. The van der Waals surface area contributed by atoms with E-state index >= 15 is 0 Å². The van der Waals surface area contributed by atoms with Crippen molar-refractivity contribution in [2.45, 2.75) is 83.7 Å². The maximum Gasteiger partial charge on any atom is 0.391 e. The van der Waals surface area contributed by atoms with Crippen LogP contribution >= 0.6 is 0 Å². The van der Waals surface area contributed by atoms with Crippen molar-refractivity contribution in [3.63, 3.8) is 0 Å². The Labute approximate surface area is 181 Å². The van der Waals surface area contributed by atoms with Gasteiger partial charge in [-0.25, -0.2) is 9.50 Å². The average Bonchev–Trinajstić information content (AvgIpc) is 3.11. The van der Waals surface area contributed by atoms with Gasteiger partial charge in [0, 0.05) is 43.1 Å². The van der Waals surface area contributed by atoms with Gasteiger partial charge in [-0.3, -0.25) is 4.79 Å². The quantitative estimate of drug-likeness (QED) is 0.660. The van der Waals surface area contributed by atoms with Gasteiger partial charge in [0.05, 0.1) is 17.3 Å². The molecule has 2 aromatic heterocycles. The molecule has 2 fully saturated rings. The average molecular weight is 437 g/mol. The molecule has 1 saturated carbocycles. The van der Waals surface area contributed by atoms with Gasteiger partial charge in [-0.05, 0) is 57.9 Å². The fourth-order valence-corrected chi connectivity index (χ4v) is 5.54. The van der Waals surface area contributed by atoms with Crippen molar-refractivity contribution in [1.29, 1.82) is 0 Å². The van der Waals surface area contributed by atoms with Gasteiger partial charge in [0.1, 0.15) is 0 Å². The molecule has 3 heterocycles. The molecule has 2 aliphatic rings. The zero-order valence-electron chi connectivity index (χ0n) is 18.7. The summed E-state index contributed by atoms with van der Waals surface area (Å²) in [5.41, 5.74) is 4.38. The molecule has 5 nitrogen and oxygen atoms in total.